The topological polar surface area (TPSA) is 373 Å². The monoisotopic (exact) mass is 1330 g/mol. The zero-order valence-corrected chi connectivity index (χ0v) is 57.1. The van der Waals surface area contributed by atoms with Gasteiger partial charge in [0.1, 0.15) is 67.1 Å². The van der Waals surface area contributed by atoms with Crippen molar-refractivity contribution in [2.75, 3.05) is 26.4 Å². The van der Waals surface area contributed by atoms with Gasteiger partial charge in [0.15, 0.2) is 12.6 Å². The van der Waals surface area contributed by atoms with Crippen molar-refractivity contribution in [3.63, 3.8) is 0 Å². The minimum Gasteiger partial charge on any atom is -0.477 e. The van der Waals surface area contributed by atoms with E-state index in [-0.39, 0.29) is 18.9 Å². The van der Waals surface area contributed by atoms with Crippen LogP contribution in [0.5, 0.6) is 0 Å². The van der Waals surface area contributed by atoms with Crippen LogP contribution >= 0.6 is 0 Å². The molecular formula is C70H130N2O21. The van der Waals surface area contributed by atoms with Gasteiger partial charge in [-0.25, -0.2) is 4.79 Å². The second-order valence-corrected chi connectivity index (χ2v) is 26.8. The Labute approximate surface area is 556 Å². The van der Waals surface area contributed by atoms with Crippen LogP contribution in [-0.2, 0) is 42.8 Å². The first-order chi connectivity index (χ1) is 44.9. The van der Waals surface area contributed by atoms with Gasteiger partial charge in [-0.3, -0.25) is 9.59 Å². The summed E-state index contributed by atoms with van der Waals surface area (Å²) in [7, 11) is 0. The summed E-state index contributed by atoms with van der Waals surface area (Å²) < 4.78 is 34.9. The second kappa shape index (κ2) is 50.7. The third-order valence-corrected chi connectivity index (χ3v) is 18.7. The summed E-state index contributed by atoms with van der Waals surface area (Å²) >= 11 is 0. The van der Waals surface area contributed by atoms with E-state index < -0.39 is 148 Å². The molecule has 3 rings (SSSR count). The maximum absolute atomic E-state index is 13.5. The number of carbonyl (C=O) groups is 3. The number of unbranched alkanes of at least 4 members (excludes halogenated alkanes) is 34. The number of carboxylic acids is 1. The van der Waals surface area contributed by atoms with Gasteiger partial charge in [-0.2, -0.15) is 0 Å². The molecule has 93 heavy (non-hydrogen) atoms. The van der Waals surface area contributed by atoms with Crippen molar-refractivity contribution >= 4 is 17.8 Å². The molecule has 0 bridgehead atoms. The van der Waals surface area contributed by atoms with Crippen LogP contribution in [0, 0.1) is 0 Å². The van der Waals surface area contributed by atoms with Gasteiger partial charge >= 0.3 is 5.97 Å². The van der Waals surface area contributed by atoms with Crippen molar-refractivity contribution in [3.05, 3.63) is 12.2 Å². The van der Waals surface area contributed by atoms with Gasteiger partial charge in [-0.05, 0) is 38.5 Å². The highest BCUT2D eigenvalue weighted by Gasteiger charge is 2.60. The highest BCUT2D eigenvalue weighted by molar-refractivity contribution is 5.77. The largest absolute Gasteiger partial charge is 0.477 e. The number of amides is 2. The number of aliphatic hydroxyl groups is 11. The van der Waals surface area contributed by atoms with Crippen LogP contribution in [-0.4, -0.2) is 215 Å². The summed E-state index contributed by atoms with van der Waals surface area (Å²) in [5.74, 6) is -6.10. The number of rotatable bonds is 56. The van der Waals surface area contributed by atoms with Crippen LogP contribution in [0.15, 0.2) is 12.2 Å². The molecule has 3 heterocycles. The highest BCUT2D eigenvalue weighted by Crippen LogP contribution is 2.39. The van der Waals surface area contributed by atoms with Crippen molar-refractivity contribution in [3.8, 4) is 0 Å². The number of carboxylic acid groups (broad SMARTS) is 1. The molecule has 546 valence electrons. The molecule has 3 aliphatic rings. The molecule has 0 saturated carbocycles. The average molecular weight is 1340 g/mol. The predicted octanol–water partition coefficient (Wildman–Crippen LogP) is 7.46. The molecule has 18 unspecified atom stereocenters. The van der Waals surface area contributed by atoms with E-state index >= 15 is 0 Å². The fourth-order valence-electron chi connectivity index (χ4n) is 12.9. The molecular weight excluding hydrogens is 1200 g/mol. The van der Waals surface area contributed by atoms with Crippen molar-refractivity contribution in [2.24, 2.45) is 0 Å². The van der Waals surface area contributed by atoms with E-state index in [1.54, 1.807) is 0 Å². The standard InChI is InChI=1S/C70H130N2O21/c1-4-6-8-10-12-14-16-18-20-22-23-24-25-26-28-29-31-33-35-37-39-41-43-52(77)51(72-57(80)44-42-40-38-36-34-32-30-27-21-19-17-15-13-11-9-7-5-2)49-88-67-62(84)61(83)64(56(48-75)90-67)91-68-63(85)66(60(82)55(47-74)89-68)93-70(69(86)87)45-53(78)58(71-50(3)76)65(92-70)59(81)54(79)46-73/h19,21,51-56,58-68,73-75,77-79,81-85H,4-18,20,22-49H2,1-3H3,(H,71,76)(H,72,80)(H,86,87)/b21-19-. The zero-order valence-electron chi connectivity index (χ0n) is 57.1. The van der Waals surface area contributed by atoms with Gasteiger partial charge in [0.25, 0.3) is 5.79 Å². The van der Waals surface area contributed by atoms with E-state index in [1.807, 2.05) is 0 Å². The normalized spacial score (nSPS) is 28.1. The Morgan fingerprint density at radius 1 is 0.548 bits per heavy atom. The summed E-state index contributed by atoms with van der Waals surface area (Å²) in [5, 5.41) is 136. The number of ether oxygens (including phenoxy) is 6. The van der Waals surface area contributed by atoms with Crippen molar-refractivity contribution in [1.29, 1.82) is 0 Å². The molecule has 0 aliphatic carbocycles. The number of carbonyl (C=O) groups excluding carboxylic acids is 2. The molecule has 0 aromatic heterocycles. The predicted molar refractivity (Wildman–Crippen MR) is 352 cm³/mol. The van der Waals surface area contributed by atoms with E-state index in [2.05, 4.69) is 36.6 Å². The first-order valence-corrected chi connectivity index (χ1v) is 36.5. The van der Waals surface area contributed by atoms with E-state index in [0.717, 1.165) is 84.0 Å². The first kappa shape index (κ1) is 84.7. The fourth-order valence-corrected chi connectivity index (χ4v) is 12.9. The lowest BCUT2D eigenvalue weighted by atomic mass is 9.88. The summed E-state index contributed by atoms with van der Waals surface area (Å²) in [6, 6.07) is -2.53. The van der Waals surface area contributed by atoms with E-state index in [1.165, 1.54) is 148 Å². The Bertz CT molecular complexity index is 1930. The quantitative estimate of drug-likeness (QED) is 0.0207. The van der Waals surface area contributed by atoms with Crippen LogP contribution in [0.3, 0.4) is 0 Å². The molecule has 0 radical (unpaired) electrons. The minimum atomic E-state index is -3.08. The van der Waals surface area contributed by atoms with Crippen LogP contribution < -0.4 is 10.6 Å². The molecule has 23 nitrogen and oxygen atoms in total. The third-order valence-electron chi connectivity index (χ3n) is 18.7. The smallest absolute Gasteiger partial charge is 0.364 e. The lowest BCUT2D eigenvalue weighted by Crippen LogP contribution is -2.70. The number of allylic oxidation sites excluding steroid dienone is 2. The number of nitrogens with one attached hydrogen (secondary N) is 2. The van der Waals surface area contributed by atoms with E-state index in [0.29, 0.717) is 19.3 Å². The van der Waals surface area contributed by atoms with E-state index in [9.17, 15) is 75.7 Å². The molecule has 2 amide bonds. The Morgan fingerprint density at radius 3 is 1.45 bits per heavy atom. The van der Waals surface area contributed by atoms with Crippen molar-refractivity contribution in [1.82, 2.24) is 10.6 Å². The third kappa shape index (κ3) is 32.8. The lowest BCUT2D eigenvalue weighted by molar-refractivity contribution is -0.386. The SMILES string of the molecule is CCCCCCCC/C=C\CCCCCCCCCC(=O)NC(COC1OC(CO)C(OC2OC(CO)C(O)C(OC3(C(=O)O)CC(O)C(NC(C)=O)C(C(O)C(O)CO)O3)C2O)C(O)C1O)C(O)CCCCCCCCCCCCCCCCCCCCCCCC. The maximum atomic E-state index is 13.5. The van der Waals surface area contributed by atoms with Gasteiger partial charge in [-0.15, -0.1) is 0 Å². The molecule has 0 spiro atoms. The molecule has 14 N–H and O–H groups in total. The number of aliphatic hydroxyl groups excluding tert-OH is 11. The highest BCUT2D eigenvalue weighted by atomic mass is 16.8. The summed E-state index contributed by atoms with van der Waals surface area (Å²) in [6.45, 7) is 2.22. The van der Waals surface area contributed by atoms with Gasteiger partial charge in [0.05, 0.1) is 50.7 Å². The molecule has 23 heteroatoms. The number of hydrogen-bond donors (Lipinski definition) is 14. The average Bonchev–Trinajstić information content (AvgIpc) is 0.780. The van der Waals surface area contributed by atoms with Crippen molar-refractivity contribution < 1.29 is 104 Å². The van der Waals surface area contributed by atoms with Crippen LogP contribution in [0.25, 0.3) is 0 Å². The summed E-state index contributed by atoms with van der Waals surface area (Å²) in [4.78, 5) is 38.6. The molecule has 3 fully saturated rings. The second-order valence-electron chi connectivity index (χ2n) is 26.8. The molecule has 0 aromatic rings. The van der Waals surface area contributed by atoms with Gasteiger partial charge in [0.2, 0.25) is 11.8 Å². The molecule has 3 aliphatic heterocycles. The number of hydrogen-bond acceptors (Lipinski definition) is 20. The first-order valence-electron chi connectivity index (χ1n) is 36.5. The lowest BCUT2D eigenvalue weighted by Gasteiger charge is -2.50. The Balaban J connectivity index is 1.57. The Kier molecular flexibility index (Phi) is 46.2. The Morgan fingerprint density at radius 2 is 1.00 bits per heavy atom. The fraction of sp³-hybridized carbons (Fsp3) is 0.929. The molecule has 3 saturated heterocycles. The minimum absolute atomic E-state index is 0.220. The summed E-state index contributed by atoms with van der Waals surface area (Å²) in [6.07, 6.45) is 20.6. The van der Waals surface area contributed by atoms with Crippen LogP contribution in [0.2, 0.25) is 0 Å². The molecule has 18 atom stereocenters. The summed E-state index contributed by atoms with van der Waals surface area (Å²) in [5.41, 5.74) is 0. The van der Waals surface area contributed by atoms with Crippen LogP contribution in [0.1, 0.15) is 278 Å². The van der Waals surface area contributed by atoms with Gasteiger partial charge < -0.3 is 100 Å². The van der Waals surface area contributed by atoms with Gasteiger partial charge in [-0.1, -0.05) is 231 Å². The van der Waals surface area contributed by atoms with Crippen LogP contribution in [0.4, 0.5) is 0 Å². The molecule has 0 aromatic carbocycles. The number of aliphatic carboxylic acids is 1. The Hall–Kier alpha value is -2.53. The zero-order chi connectivity index (χ0) is 68.2. The van der Waals surface area contributed by atoms with Crippen molar-refractivity contribution in [2.45, 2.75) is 387 Å². The van der Waals surface area contributed by atoms with E-state index in [4.69, 9.17) is 28.4 Å². The van der Waals surface area contributed by atoms with Gasteiger partial charge in [0, 0.05) is 19.8 Å². The maximum Gasteiger partial charge on any atom is 0.364 e.